The van der Waals surface area contributed by atoms with Crippen LogP contribution in [-0.4, -0.2) is 11.6 Å². The number of rotatable bonds is 1. The van der Waals surface area contributed by atoms with E-state index in [1.54, 1.807) is 6.08 Å². The fourth-order valence-electron chi connectivity index (χ4n) is 5.06. The van der Waals surface area contributed by atoms with E-state index in [2.05, 4.69) is 49.5 Å². The first-order valence-electron chi connectivity index (χ1n) is 10.8. The van der Waals surface area contributed by atoms with E-state index in [4.69, 9.17) is 0 Å². The van der Waals surface area contributed by atoms with Crippen LogP contribution in [0.5, 0.6) is 0 Å². The summed E-state index contributed by atoms with van der Waals surface area (Å²) >= 11 is 0. The molecule has 0 saturated carbocycles. The molecule has 1 aliphatic carbocycles. The van der Waals surface area contributed by atoms with Crippen molar-refractivity contribution >= 4 is 38.8 Å². The van der Waals surface area contributed by atoms with Crippen LogP contribution in [0.2, 0.25) is 0 Å². The molecule has 3 nitrogen and oxygen atoms in total. The number of hydrogen-bond acceptors (Lipinski definition) is 3. The number of anilines is 1. The largest absolute Gasteiger partial charge is 0.358 e. The maximum absolute atomic E-state index is 13.1. The third-order valence-electron chi connectivity index (χ3n) is 6.78. The zero-order valence-electron chi connectivity index (χ0n) is 17.9. The van der Waals surface area contributed by atoms with E-state index in [0.717, 1.165) is 22.2 Å². The van der Waals surface area contributed by atoms with Gasteiger partial charge < -0.3 is 5.32 Å². The third kappa shape index (κ3) is 2.54. The quantitative estimate of drug-likeness (QED) is 0.282. The second-order valence-electron chi connectivity index (χ2n) is 9.02. The molecule has 0 atom stereocenters. The van der Waals surface area contributed by atoms with E-state index < -0.39 is 0 Å². The molecule has 6 rings (SSSR count). The van der Waals surface area contributed by atoms with Gasteiger partial charge in [-0.2, -0.15) is 0 Å². The van der Waals surface area contributed by atoms with E-state index >= 15 is 0 Å². The van der Waals surface area contributed by atoms with Crippen LogP contribution in [0.4, 0.5) is 5.69 Å². The Kier molecular flexibility index (Phi) is 3.82. The molecule has 0 saturated heterocycles. The highest BCUT2D eigenvalue weighted by atomic mass is 16.2. The number of Topliss-reactive ketones (excluding diaryl/α,β-unsaturated/α-hetero) is 2. The highest BCUT2D eigenvalue weighted by Crippen LogP contribution is 2.46. The van der Waals surface area contributed by atoms with Crippen LogP contribution < -0.4 is 5.32 Å². The van der Waals surface area contributed by atoms with Crippen molar-refractivity contribution in [2.45, 2.75) is 19.3 Å². The monoisotopic (exact) mass is 415 g/mol. The zero-order valence-corrected chi connectivity index (χ0v) is 17.9. The van der Waals surface area contributed by atoms with Crippen LogP contribution >= 0.6 is 0 Å². The molecular weight excluding hydrogens is 394 g/mol. The summed E-state index contributed by atoms with van der Waals surface area (Å²) in [6, 6.07) is 24.0. The lowest BCUT2D eigenvalue weighted by molar-refractivity contribution is 0.0989. The molecule has 2 aliphatic rings. The van der Waals surface area contributed by atoms with Crippen molar-refractivity contribution in [3.63, 3.8) is 0 Å². The third-order valence-corrected chi connectivity index (χ3v) is 6.78. The number of fused-ring (bicyclic) bond motifs is 5. The Hall–Kier alpha value is -3.98. The van der Waals surface area contributed by atoms with Gasteiger partial charge in [-0.1, -0.05) is 68.4 Å². The first kappa shape index (κ1) is 18.8. The number of carbonyl (C=O) groups excluding carboxylic acids is 2. The molecular formula is C29H21NO2. The van der Waals surface area contributed by atoms with Crippen LogP contribution in [0, 0.1) is 0 Å². The number of nitrogens with one attached hydrogen (secondary N) is 1. The van der Waals surface area contributed by atoms with Crippen molar-refractivity contribution in [2.75, 3.05) is 5.32 Å². The molecule has 32 heavy (non-hydrogen) atoms. The van der Waals surface area contributed by atoms with E-state index in [-0.39, 0.29) is 22.6 Å². The standard InChI is InChI=1S/C29H21NO2/c1-29(2)25(30-24-13-11-17-7-5-6-10-20(17)26(24)29)14-12-21-27(31)22-15-18-8-3-4-9-19(18)16-23(22)28(21)32/h3-16,30H,1-2H3/b25-14+. The highest BCUT2D eigenvalue weighted by Gasteiger charge is 2.37. The molecule has 0 unspecified atom stereocenters. The number of carbonyl (C=O) groups is 2. The van der Waals surface area contributed by atoms with Gasteiger partial charge in [0, 0.05) is 27.9 Å². The van der Waals surface area contributed by atoms with Gasteiger partial charge in [-0.05, 0) is 57.5 Å². The lowest BCUT2D eigenvalue weighted by atomic mass is 9.81. The summed E-state index contributed by atoms with van der Waals surface area (Å²) in [7, 11) is 0. The summed E-state index contributed by atoms with van der Waals surface area (Å²) in [5.41, 5.74) is 4.20. The Balaban J connectivity index is 1.43. The molecule has 1 aliphatic heterocycles. The van der Waals surface area contributed by atoms with Crippen LogP contribution in [0.3, 0.4) is 0 Å². The maximum atomic E-state index is 13.1. The summed E-state index contributed by atoms with van der Waals surface area (Å²) in [4.78, 5) is 26.1. The van der Waals surface area contributed by atoms with Crippen molar-refractivity contribution in [3.05, 3.63) is 113 Å². The van der Waals surface area contributed by atoms with Gasteiger partial charge in [0.15, 0.2) is 11.6 Å². The van der Waals surface area contributed by atoms with Crippen molar-refractivity contribution in [1.82, 2.24) is 0 Å². The summed E-state index contributed by atoms with van der Waals surface area (Å²) < 4.78 is 0. The van der Waals surface area contributed by atoms with Gasteiger partial charge in [0.25, 0.3) is 0 Å². The molecule has 0 bridgehead atoms. The maximum Gasteiger partial charge on any atom is 0.197 e. The van der Waals surface area contributed by atoms with Crippen LogP contribution in [0.15, 0.2) is 96.2 Å². The van der Waals surface area contributed by atoms with Crippen LogP contribution in [0.1, 0.15) is 40.1 Å². The fraction of sp³-hybridized carbons (Fsp3) is 0.103. The predicted molar refractivity (Wildman–Crippen MR) is 129 cm³/mol. The zero-order chi connectivity index (χ0) is 22.0. The lowest BCUT2D eigenvalue weighted by Gasteiger charge is -2.21. The normalized spacial score (nSPS) is 17.7. The highest BCUT2D eigenvalue weighted by molar-refractivity contribution is 6.40. The Morgan fingerprint density at radius 1 is 0.719 bits per heavy atom. The lowest BCUT2D eigenvalue weighted by Crippen LogP contribution is -2.17. The minimum atomic E-state index is -0.278. The fourth-order valence-corrected chi connectivity index (χ4v) is 5.06. The molecule has 0 aromatic heterocycles. The van der Waals surface area contributed by atoms with Gasteiger partial charge >= 0.3 is 0 Å². The Morgan fingerprint density at radius 2 is 1.31 bits per heavy atom. The topological polar surface area (TPSA) is 46.2 Å². The first-order valence-corrected chi connectivity index (χ1v) is 10.8. The Labute approximate surface area is 186 Å². The van der Waals surface area contributed by atoms with Gasteiger partial charge in [-0.15, -0.1) is 0 Å². The average molecular weight is 415 g/mol. The Morgan fingerprint density at radius 3 is 1.97 bits per heavy atom. The van der Waals surface area contributed by atoms with Crippen molar-refractivity contribution < 1.29 is 9.59 Å². The molecule has 3 heteroatoms. The predicted octanol–water partition coefficient (Wildman–Crippen LogP) is 6.59. The van der Waals surface area contributed by atoms with Gasteiger partial charge in [0.05, 0.1) is 5.57 Å². The molecule has 1 N–H and O–H groups in total. The second-order valence-corrected chi connectivity index (χ2v) is 9.02. The number of hydrogen-bond donors (Lipinski definition) is 1. The second kappa shape index (κ2) is 6.51. The summed E-state index contributed by atoms with van der Waals surface area (Å²) in [5.74, 6) is -0.405. The van der Waals surface area contributed by atoms with Gasteiger partial charge in [0.1, 0.15) is 0 Å². The molecule has 154 valence electrons. The van der Waals surface area contributed by atoms with Crippen molar-refractivity contribution in [3.8, 4) is 0 Å². The molecule has 0 amide bonds. The molecule has 0 radical (unpaired) electrons. The molecule has 4 aromatic rings. The van der Waals surface area contributed by atoms with Crippen LogP contribution in [0.25, 0.3) is 21.5 Å². The van der Waals surface area contributed by atoms with Gasteiger partial charge in [-0.3, -0.25) is 9.59 Å². The minimum absolute atomic E-state index is 0.202. The van der Waals surface area contributed by atoms with Crippen molar-refractivity contribution in [1.29, 1.82) is 0 Å². The first-order chi connectivity index (χ1) is 15.4. The summed E-state index contributed by atoms with van der Waals surface area (Å²) in [6.07, 6.45) is 3.58. The van der Waals surface area contributed by atoms with E-state index in [1.165, 1.54) is 16.3 Å². The van der Waals surface area contributed by atoms with Crippen molar-refractivity contribution in [2.24, 2.45) is 0 Å². The molecule has 1 heterocycles. The van der Waals surface area contributed by atoms with E-state index in [9.17, 15) is 9.59 Å². The number of benzene rings is 4. The number of ketones is 2. The molecule has 0 spiro atoms. The SMILES string of the molecule is CC1(C)/C(=C\C=C2C(=O)c3cc4ccccc4cc3C2=O)Nc2ccc3ccccc3c21. The average Bonchev–Trinajstić information content (AvgIpc) is 3.20. The minimum Gasteiger partial charge on any atom is -0.358 e. The smallest absolute Gasteiger partial charge is 0.197 e. The summed E-state index contributed by atoms with van der Waals surface area (Å²) in [5, 5.41) is 7.86. The summed E-state index contributed by atoms with van der Waals surface area (Å²) in [6.45, 7) is 4.34. The van der Waals surface area contributed by atoms with Crippen LogP contribution in [-0.2, 0) is 5.41 Å². The van der Waals surface area contributed by atoms with Gasteiger partial charge in [-0.25, -0.2) is 0 Å². The van der Waals surface area contributed by atoms with E-state index in [1.807, 2.05) is 48.5 Å². The molecule has 4 aromatic carbocycles. The number of allylic oxidation sites excluding steroid dienone is 4. The Bertz CT molecular complexity index is 1500. The van der Waals surface area contributed by atoms with E-state index in [0.29, 0.717) is 11.1 Å². The van der Waals surface area contributed by atoms with Gasteiger partial charge in [0.2, 0.25) is 0 Å². The molecule has 0 fully saturated rings.